The number of fused-ring (bicyclic) bond motifs is 3. The summed E-state index contributed by atoms with van der Waals surface area (Å²) in [7, 11) is 1.71. The van der Waals surface area contributed by atoms with Gasteiger partial charge >= 0.3 is 12.1 Å². The highest BCUT2D eigenvalue weighted by Gasteiger charge is 2.29. The number of likely N-dealkylation sites (N-methyl/N-ethyl adjacent to an activating group) is 1. The molecule has 10 heteroatoms. The van der Waals surface area contributed by atoms with E-state index in [0.717, 1.165) is 19.3 Å². The van der Waals surface area contributed by atoms with E-state index in [0.29, 0.717) is 85.6 Å². The van der Waals surface area contributed by atoms with E-state index in [1.54, 1.807) is 7.05 Å². The topological polar surface area (TPSA) is 102 Å². The van der Waals surface area contributed by atoms with Crippen molar-refractivity contribution < 1.29 is 42.7 Å². The summed E-state index contributed by atoms with van der Waals surface area (Å²) in [5.74, 6) is -0.123. The van der Waals surface area contributed by atoms with Crippen LogP contribution in [0.1, 0.15) is 49.7 Å². The van der Waals surface area contributed by atoms with Crippen LogP contribution in [0.25, 0.3) is 11.1 Å². The maximum absolute atomic E-state index is 12.6. The minimum Gasteiger partial charge on any atom is -0.463 e. The Morgan fingerprint density at radius 2 is 1.11 bits per heavy atom. The summed E-state index contributed by atoms with van der Waals surface area (Å²) in [4.78, 5) is 25.6. The van der Waals surface area contributed by atoms with Gasteiger partial charge in [-0.25, -0.2) is 4.79 Å². The van der Waals surface area contributed by atoms with E-state index in [-0.39, 0.29) is 24.6 Å². The Morgan fingerprint density at radius 1 is 0.636 bits per heavy atom. The Morgan fingerprint density at radius 3 is 1.64 bits per heavy atom. The number of esters is 1. The summed E-state index contributed by atoms with van der Waals surface area (Å²) in [5.41, 5.74) is 4.80. The van der Waals surface area contributed by atoms with Gasteiger partial charge in [0.1, 0.15) is 13.2 Å². The molecule has 0 atom stereocenters. The monoisotopic (exact) mass is 615 g/mol. The molecular weight excluding hydrogens is 566 g/mol. The fraction of sp³-hybridized carbons (Fsp3) is 0.588. The third kappa shape index (κ3) is 12.9. The van der Waals surface area contributed by atoms with E-state index in [1.807, 2.05) is 24.3 Å². The molecule has 3 rings (SSSR count). The molecule has 0 saturated carbocycles. The largest absolute Gasteiger partial charge is 0.463 e. The first-order valence-corrected chi connectivity index (χ1v) is 15.7. The van der Waals surface area contributed by atoms with Crippen molar-refractivity contribution in [2.24, 2.45) is 0 Å². The number of carbonyl (C=O) groups is 2. The van der Waals surface area contributed by atoms with Gasteiger partial charge in [0.05, 0.1) is 66.1 Å². The van der Waals surface area contributed by atoms with Gasteiger partial charge in [0.15, 0.2) is 0 Å². The SMILES string of the molecule is CCCCCC(=O)OCCOCCOCCOCCOCCOCCN(C)C(=O)OCC1c2ccccc2-c2ccccc21. The number of benzene rings is 2. The lowest BCUT2D eigenvalue weighted by Gasteiger charge is -2.19. The number of nitrogens with zero attached hydrogens (tertiary/aromatic N) is 1. The molecule has 244 valence electrons. The van der Waals surface area contributed by atoms with E-state index in [1.165, 1.54) is 27.2 Å². The first-order chi connectivity index (χ1) is 21.6. The number of ether oxygens (including phenoxy) is 7. The van der Waals surface area contributed by atoms with Crippen molar-refractivity contribution in [3.05, 3.63) is 59.7 Å². The van der Waals surface area contributed by atoms with Crippen LogP contribution in [-0.2, 0) is 38.0 Å². The van der Waals surface area contributed by atoms with Crippen LogP contribution in [-0.4, -0.2) is 110 Å². The third-order valence-electron chi connectivity index (χ3n) is 7.18. The van der Waals surface area contributed by atoms with Crippen LogP contribution in [0.2, 0.25) is 0 Å². The zero-order valence-corrected chi connectivity index (χ0v) is 26.3. The molecule has 0 fully saturated rings. The lowest BCUT2D eigenvalue weighted by atomic mass is 9.98. The summed E-state index contributed by atoms with van der Waals surface area (Å²) in [6, 6.07) is 16.6. The van der Waals surface area contributed by atoms with Crippen LogP contribution in [0, 0.1) is 0 Å². The van der Waals surface area contributed by atoms with Crippen LogP contribution >= 0.6 is 0 Å². The molecule has 10 nitrogen and oxygen atoms in total. The van der Waals surface area contributed by atoms with Crippen molar-refractivity contribution in [2.45, 2.75) is 38.5 Å². The molecule has 0 aromatic heterocycles. The predicted molar refractivity (Wildman–Crippen MR) is 167 cm³/mol. The first kappa shape index (κ1) is 35.5. The average Bonchev–Trinajstić information content (AvgIpc) is 3.36. The van der Waals surface area contributed by atoms with Gasteiger partial charge in [-0.05, 0) is 28.7 Å². The molecule has 0 unspecified atom stereocenters. The van der Waals surface area contributed by atoms with Crippen molar-refractivity contribution in [2.75, 3.05) is 92.9 Å². The average molecular weight is 616 g/mol. The van der Waals surface area contributed by atoms with E-state index < -0.39 is 0 Å². The minimum absolute atomic E-state index is 0.0411. The maximum atomic E-state index is 12.6. The Kier molecular flexibility index (Phi) is 17.4. The highest BCUT2D eigenvalue weighted by molar-refractivity contribution is 5.79. The zero-order chi connectivity index (χ0) is 31.2. The fourth-order valence-corrected chi connectivity index (χ4v) is 4.78. The summed E-state index contributed by atoms with van der Waals surface area (Å²) < 4.78 is 38.2. The van der Waals surface area contributed by atoms with Gasteiger partial charge in [0.25, 0.3) is 0 Å². The minimum atomic E-state index is -0.365. The molecule has 2 aromatic rings. The summed E-state index contributed by atoms with van der Waals surface area (Å²) >= 11 is 0. The second-order valence-corrected chi connectivity index (χ2v) is 10.5. The second kappa shape index (κ2) is 21.6. The van der Waals surface area contributed by atoms with Gasteiger partial charge in [0, 0.05) is 25.9 Å². The highest BCUT2D eigenvalue weighted by Crippen LogP contribution is 2.44. The summed E-state index contributed by atoms with van der Waals surface area (Å²) in [5, 5.41) is 0. The molecule has 0 bridgehead atoms. The molecular formula is C34H49NO9. The predicted octanol–water partition coefficient (Wildman–Crippen LogP) is 5.07. The molecule has 1 amide bonds. The molecule has 0 saturated heterocycles. The van der Waals surface area contributed by atoms with Gasteiger partial charge in [-0.3, -0.25) is 4.79 Å². The molecule has 0 N–H and O–H groups in total. The quantitative estimate of drug-likeness (QED) is 0.118. The van der Waals surface area contributed by atoms with Crippen molar-refractivity contribution in [1.29, 1.82) is 0 Å². The Bertz CT molecular complexity index is 1050. The molecule has 44 heavy (non-hydrogen) atoms. The number of hydrogen-bond acceptors (Lipinski definition) is 9. The molecule has 1 aliphatic rings. The van der Waals surface area contributed by atoms with E-state index in [9.17, 15) is 9.59 Å². The van der Waals surface area contributed by atoms with Gasteiger partial charge < -0.3 is 38.1 Å². The second-order valence-electron chi connectivity index (χ2n) is 10.5. The van der Waals surface area contributed by atoms with Gasteiger partial charge in [0.2, 0.25) is 0 Å². The number of amides is 1. The number of unbranched alkanes of at least 4 members (excludes halogenated alkanes) is 2. The Labute approximate surface area is 261 Å². The van der Waals surface area contributed by atoms with Crippen molar-refractivity contribution in [3.8, 4) is 11.1 Å². The summed E-state index contributed by atoms with van der Waals surface area (Å²) in [6.45, 7) is 7.51. The fourth-order valence-electron chi connectivity index (χ4n) is 4.78. The van der Waals surface area contributed by atoms with Crippen LogP contribution in [0.3, 0.4) is 0 Å². The lowest BCUT2D eigenvalue weighted by molar-refractivity contribution is -0.145. The Balaban J connectivity index is 1.08. The van der Waals surface area contributed by atoms with E-state index in [2.05, 4.69) is 31.2 Å². The third-order valence-corrected chi connectivity index (χ3v) is 7.18. The maximum Gasteiger partial charge on any atom is 0.409 e. The van der Waals surface area contributed by atoms with Crippen molar-refractivity contribution >= 4 is 12.1 Å². The number of rotatable bonds is 24. The molecule has 0 spiro atoms. The molecule has 0 radical (unpaired) electrons. The van der Waals surface area contributed by atoms with Crippen LogP contribution in [0.4, 0.5) is 4.79 Å². The summed E-state index contributed by atoms with van der Waals surface area (Å²) in [6.07, 6.45) is 3.11. The van der Waals surface area contributed by atoms with Crippen molar-refractivity contribution in [3.63, 3.8) is 0 Å². The zero-order valence-electron chi connectivity index (χ0n) is 26.3. The standard InChI is InChI=1S/C34H49NO9/c1-3-4-5-14-33(36)43-26-25-42-24-23-41-22-21-40-20-19-39-18-17-38-16-15-35(2)34(37)44-27-32-30-12-8-6-10-28(30)29-11-7-9-13-31(29)32/h6-13,32H,3-5,14-27H2,1-2H3. The van der Waals surface area contributed by atoms with Crippen LogP contribution < -0.4 is 0 Å². The van der Waals surface area contributed by atoms with E-state index in [4.69, 9.17) is 33.2 Å². The van der Waals surface area contributed by atoms with Crippen LogP contribution in [0.15, 0.2) is 48.5 Å². The molecule has 1 aliphatic carbocycles. The number of carbonyl (C=O) groups excluding carboxylic acids is 2. The number of hydrogen-bond donors (Lipinski definition) is 0. The first-order valence-electron chi connectivity index (χ1n) is 15.7. The van der Waals surface area contributed by atoms with Gasteiger partial charge in [-0.1, -0.05) is 68.3 Å². The Hall–Kier alpha value is -3.02. The normalized spacial score (nSPS) is 12.1. The highest BCUT2D eigenvalue weighted by atomic mass is 16.6. The molecule has 2 aromatic carbocycles. The lowest BCUT2D eigenvalue weighted by Crippen LogP contribution is -2.32. The van der Waals surface area contributed by atoms with Crippen LogP contribution in [0.5, 0.6) is 0 Å². The smallest absolute Gasteiger partial charge is 0.409 e. The van der Waals surface area contributed by atoms with E-state index >= 15 is 0 Å². The molecule has 0 heterocycles. The van der Waals surface area contributed by atoms with Crippen molar-refractivity contribution in [1.82, 2.24) is 4.90 Å². The van der Waals surface area contributed by atoms with Gasteiger partial charge in [-0.15, -0.1) is 0 Å². The van der Waals surface area contributed by atoms with Gasteiger partial charge in [-0.2, -0.15) is 0 Å². The molecule has 0 aliphatic heterocycles.